The first-order valence-electron chi connectivity index (χ1n) is 8.88. The van der Waals surface area contributed by atoms with E-state index in [1.54, 1.807) is 0 Å². The summed E-state index contributed by atoms with van der Waals surface area (Å²) < 4.78 is 0. The van der Waals surface area contributed by atoms with Crippen LogP contribution in [0.3, 0.4) is 0 Å². The minimum absolute atomic E-state index is 0.0532. The highest BCUT2D eigenvalue weighted by molar-refractivity contribution is 5.90. The van der Waals surface area contributed by atoms with Crippen LogP contribution < -0.4 is 16.0 Å². The molecule has 0 saturated carbocycles. The predicted molar refractivity (Wildman–Crippen MR) is 102 cm³/mol. The lowest BCUT2D eigenvalue weighted by atomic mass is 10.1. The van der Waals surface area contributed by atoms with Gasteiger partial charge in [0.2, 0.25) is 5.91 Å². The monoisotopic (exact) mass is 332 g/mol. The molecule has 5 nitrogen and oxygen atoms in total. The smallest absolute Gasteiger partial charge is 0.224 e. The number of anilines is 1. The molecule has 0 saturated heterocycles. The van der Waals surface area contributed by atoms with E-state index < -0.39 is 0 Å². The summed E-state index contributed by atoms with van der Waals surface area (Å²) in [5.41, 5.74) is 1.90. The predicted octanol–water partition coefficient (Wildman–Crippen LogP) is 3.52. The van der Waals surface area contributed by atoms with E-state index in [2.05, 4.69) is 41.7 Å². The van der Waals surface area contributed by atoms with Crippen molar-refractivity contribution in [3.8, 4) is 0 Å². The number of rotatable bonds is 8. The fourth-order valence-electron chi connectivity index (χ4n) is 2.16. The molecule has 0 bridgehead atoms. The van der Waals surface area contributed by atoms with E-state index in [0.29, 0.717) is 24.9 Å². The largest absolute Gasteiger partial charge is 0.357 e. The van der Waals surface area contributed by atoms with Gasteiger partial charge in [0.1, 0.15) is 0 Å². The molecule has 0 fully saturated rings. The number of carbonyl (C=O) groups excluding carboxylic acids is 1. The molecule has 0 aromatic heterocycles. The van der Waals surface area contributed by atoms with Gasteiger partial charge in [0.15, 0.2) is 5.96 Å². The Morgan fingerprint density at radius 3 is 2.58 bits per heavy atom. The second-order valence-corrected chi connectivity index (χ2v) is 6.50. The number of hydrogen-bond acceptors (Lipinski definition) is 2. The molecule has 1 amide bonds. The first-order valence-corrected chi connectivity index (χ1v) is 8.88. The van der Waals surface area contributed by atoms with Crippen LogP contribution >= 0.6 is 0 Å². The van der Waals surface area contributed by atoms with Crippen molar-refractivity contribution in [2.24, 2.45) is 10.9 Å². The van der Waals surface area contributed by atoms with Crippen LogP contribution in [0.1, 0.15) is 53.0 Å². The molecule has 24 heavy (non-hydrogen) atoms. The number of guanidine groups is 1. The molecule has 134 valence electrons. The van der Waals surface area contributed by atoms with E-state index in [9.17, 15) is 4.79 Å². The van der Waals surface area contributed by atoms with Gasteiger partial charge in [-0.2, -0.15) is 0 Å². The maximum atomic E-state index is 11.9. The molecular formula is C19H32N4O. The summed E-state index contributed by atoms with van der Waals surface area (Å²) in [6.07, 6.45) is 1.58. The van der Waals surface area contributed by atoms with E-state index >= 15 is 0 Å². The van der Waals surface area contributed by atoms with Gasteiger partial charge < -0.3 is 16.0 Å². The van der Waals surface area contributed by atoms with E-state index in [1.165, 1.54) is 0 Å². The van der Waals surface area contributed by atoms with Gasteiger partial charge in [0, 0.05) is 24.7 Å². The summed E-state index contributed by atoms with van der Waals surface area (Å²) in [6.45, 7) is 11.8. The number of carbonyl (C=O) groups is 1. The Kier molecular flexibility index (Phi) is 8.90. The third kappa shape index (κ3) is 7.99. The standard InChI is InChI=1S/C19H32N4O/c1-6-15(5)22-19(20-7-2)21-13-16-9-8-10-17(12-16)23-18(24)11-14(3)4/h8-10,12,14-15H,6-7,11,13H2,1-5H3,(H,23,24)(H2,20,21,22). The molecule has 1 rings (SSSR count). The molecule has 1 aromatic carbocycles. The van der Waals surface area contributed by atoms with Crippen molar-refractivity contribution in [2.75, 3.05) is 11.9 Å². The zero-order chi connectivity index (χ0) is 17.9. The van der Waals surface area contributed by atoms with Gasteiger partial charge in [-0.3, -0.25) is 4.79 Å². The average molecular weight is 332 g/mol. The van der Waals surface area contributed by atoms with Gasteiger partial charge in [-0.1, -0.05) is 32.9 Å². The zero-order valence-corrected chi connectivity index (χ0v) is 15.6. The lowest BCUT2D eigenvalue weighted by molar-refractivity contribution is -0.116. The summed E-state index contributed by atoms with van der Waals surface area (Å²) in [5.74, 6) is 1.23. The Balaban J connectivity index is 2.71. The summed E-state index contributed by atoms with van der Waals surface area (Å²) in [6, 6.07) is 8.24. The number of aliphatic imine (C=N–C) groups is 1. The topological polar surface area (TPSA) is 65.5 Å². The van der Waals surface area contributed by atoms with Crippen LogP contribution in [-0.4, -0.2) is 24.5 Å². The third-order valence-corrected chi connectivity index (χ3v) is 3.56. The molecule has 1 atom stereocenters. The first kappa shape index (κ1) is 20.0. The summed E-state index contributed by atoms with van der Waals surface area (Å²) in [7, 11) is 0. The minimum atomic E-state index is 0.0532. The summed E-state index contributed by atoms with van der Waals surface area (Å²) in [4.78, 5) is 16.5. The molecule has 0 aliphatic rings. The van der Waals surface area contributed by atoms with Crippen LogP contribution in [0, 0.1) is 5.92 Å². The van der Waals surface area contributed by atoms with Gasteiger partial charge in [0.05, 0.1) is 6.54 Å². The van der Waals surface area contributed by atoms with Gasteiger partial charge >= 0.3 is 0 Å². The Labute approximate surface area is 146 Å². The highest BCUT2D eigenvalue weighted by Crippen LogP contribution is 2.13. The second-order valence-electron chi connectivity index (χ2n) is 6.50. The van der Waals surface area contributed by atoms with E-state index in [0.717, 1.165) is 30.2 Å². The average Bonchev–Trinajstić information content (AvgIpc) is 2.52. The van der Waals surface area contributed by atoms with Crippen molar-refractivity contribution in [2.45, 2.75) is 60.0 Å². The number of amides is 1. The van der Waals surface area contributed by atoms with Crippen molar-refractivity contribution in [1.82, 2.24) is 10.6 Å². The molecule has 5 heteroatoms. The third-order valence-electron chi connectivity index (χ3n) is 3.56. The molecular weight excluding hydrogens is 300 g/mol. The molecule has 0 aliphatic carbocycles. The number of nitrogens with one attached hydrogen (secondary N) is 3. The fraction of sp³-hybridized carbons (Fsp3) is 0.579. The molecule has 0 radical (unpaired) electrons. The van der Waals surface area contributed by atoms with Crippen molar-refractivity contribution in [3.63, 3.8) is 0 Å². The Morgan fingerprint density at radius 1 is 1.21 bits per heavy atom. The van der Waals surface area contributed by atoms with Gasteiger partial charge in [-0.15, -0.1) is 0 Å². The quantitative estimate of drug-likeness (QED) is 0.504. The zero-order valence-electron chi connectivity index (χ0n) is 15.6. The minimum Gasteiger partial charge on any atom is -0.357 e. The highest BCUT2D eigenvalue weighted by Gasteiger charge is 2.06. The van der Waals surface area contributed by atoms with E-state index in [4.69, 9.17) is 0 Å². The molecule has 0 spiro atoms. The SMILES string of the molecule is CCNC(=NCc1cccc(NC(=O)CC(C)C)c1)NC(C)CC. The first-order chi connectivity index (χ1) is 11.4. The van der Waals surface area contributed by atoms with Crippen molar-refractivity contribution in [1.29, 1.82) is 0 Å². The molecule has 0 aliphatic heterocycles. The van der Waals surface area contributed by atoms with Crippen molar-refractivity contribution >= 4 is 17.6 Å². The lowest BCUT2D eigenvalue weighted by Gasteiger charge is -2.16. The second kappa shape index (κ2) is 10.7. The fourth-order valence-corrected chi connectivity index (χ4v) is 2.16. The molecule has 3 N–H and O–H groups in total. The molecule has 1 unspecified atom stereocenters. The normalized spacial score (nSPS) is 12.8. The van der Waals surface area contributed by atoms with Gasteiger partial charge in [-0.25, -0.2) is 4.99 Å². The number of benzene rings is 1. The molecule has 1 aromatic rings. The van der Waals surface area contributed by atoms with Crippen LogP contribution in [0.25, 0.3) is 0 Å². The van der Waals surface area contributed by atoms with Gasteiger partial charge in [-0.05, 0) is 43.9 Å². The van der Waals surface area contributed by atoms with Crippen LogP contribution in [-0.2, 0) is 11.3 Å². The Morgan fingerprint density at radius 2 is 1.96 bits per heavy atom. The van der Waals surface area contributed by atoms with Crippen LogP contribution in [0.4, 0.5) is 5.69 Å². The highest BCUT2D eigenvalue weighted by atomic mass is 16.1. The summed E-state index contributed by atoms with van der Waals surface area (Å²) >= 11 is 0. The number of nitrogens with zero attached hydrogens (tertiary/aromatic N) is 1. The van der Waals surface area contributed by atoms with Gasteiger partial charge in [0.25, 0.3) is 0 Å². The van der Waals surface area contributed by atoms with Crippen molar-refractivity contribution < 1.29 is 4.79 Å². The number of hydrogen-bond donors (Lipinski definition) is 3. The van der Waals surface area contributed by atoms with E-state index in [1.807, 2.05) is 38.1 Å². The van der Waals surface area contributed by atoms with Crippen LogP contribution in [0.2, 0.25) is 0 Å². The van der Waals surface area contributed by atoms with Crippen LogP contribution in [0.15, 0.2) is 29.3 Å². The van der Waals surface area contributed by atoms with E-state index in [-0.39, 0.29) is 5.91 Å². The van der Waals surface area contributed by atoms with Crippen LogP contribution in [0.5, 0.6) is 0 Å². The maximum Gasteiger partial charge on any atom is 0.224 e. The maximum absolute atomic E-state index is 11.9. The summed E-state index contributed by atoms with van der Waals surface area (Å²) in [5, 5.41) is 9.58. The molecule has 0 heterocycles. The Bertz CT molecular complexity index is 540. The lowest BCUT2D eigenvalue weighted by Crippen LogP contribution is -2.41. The Hall–Kier alpha value is -2.04. The van der Waals surface area contributed by atoms with Crippen molar-refractivity contribution in [3.05, 3.63) is 29.8 Å².